The highest BCUT2D eigenvalue weighted by atomic mass is 16.7. The van der Waals surface area contributed by atoms with E-state index in [1.807, 2.05) is 18.2 Å². The average molecular weight is 352 g/mol. The predicted molar refractivity (Wildman–Crippen MR) is 92.8 cm³/mol. The molecule has 1 fully saturated rings. The van der Waals surface area contributed by atoms with E-state index in [4.69, 9.17) is 23.7 Å². The summed E-state index contributed by atoms with van der Waals surface area (Å²) in [7, 11) is 4.61. The van der Waals surface area contributed by atoms with Crippen LogP contribution in [0.5, 0.6) is 11.5 Å². The minimum absolute atomic E-state index is 0.0351. The van der Waals surface area contributed by atoms with Crippen LogP contribution in [0.2, 0.25) is 0 Å². The lowest BCUT2D eigenvalue weighted by atomic mass is 9.82. The normalized spacial score (nSPS) is 20.6. The number of rotatable bonds is 8. The van der Waals surface area contributed by atoms with E-state index in [-0.39, 0.29) is 31.4 Å². The molecule has 0 N–H and O–H groups in total. The fourth-order valence-corrected chi connectivity index (χ4v) is 3.40. The zero-order valence-corrected chi connectivity index (χ0v) is 15.3. The largest absolute Gasteiger partial charge is 0.469 e. The van der Waals surface area contributed by atoms with Gasteiger partial charge in [-0.25, -0.2) is 0 Å². The van der Waals surface area contributed by atoms with Gasteiger partial charge < -0.3 is 23.7 Å². The van der Waals surface area contributed by atoms with Crippen molar-refractivity contribution in [3.05, 3.63) is 23.8 Å². The fraction of sp³-hybridized carbons (Fsp3) is 0.632. The van der Waals surface area contributed by atoms with Gasteiger partial charge in [0, 0.05) is 25.7 Å². The van der Waals surface area contributed by atoms with E-state index >= 15 is 0 Å². The number of ether oxygens (including phenoxy) is 5. The van der Waals surface area contributed by atoms with Crippen LogP contribution in [-0.2, 0) is 19.0 Å². The van der Waals surface area contributed by atoms with Crippen molar-refractivity contribution < 1.29 is 28.5 Å². The topological polar surface area (TPSA) is 63.2 Å². The summed E-state index contributed by atoms with van der Waals surface area (Å²) in [5, 5.41) is 0. The van der Waals surface area contributed by atoms with Gasteiger partial charge in [-0.2, -0.15) is 0 Å². The Morgan fingerprint density at radius 2 is 1.72 bits per heavy atom. The third kappa shape index (κ3) is 5.34. The van der Waals surface area contributed by atoms with Crippen LogP contribution in [0.15, 0.2) is 18.2 Å². The Kier molecular flexibility index (Phi) is 8.01. The SMILES string of the molecule is COCOc1ccc(OCOC)c(C2CCCCCC2C(=O)OC)c1. The maximum absolute atomic E-state index is 12.3. The zero-order chi connectivity index (χ0) is 18.1. The number of methoxy groups -OCH3 is 3. The Morgan fingerprint density at radius 3 is 2.44 bits per heavy atom. The summed E-state index contributed by atoms with van der Waals surface area (Å²) in [5.41, 5.74) is 0.961. The molecule has 2 unspecified atom stereocenters. The van der Waals surface area contributed by atoms with E-state index < -0.39 is 0 Å². The number of benzene rings is 1. The minimum atomic E-state index is -0.171. The van der Waals surface area contributed by atoms with Crippen molar-refractivity contribution in [3.8, 4) is 11.5 Å². The highest BCUT2D eigenvalue weighted by Crippen LogP contribution is 2.42. The second kappa shape index (κ2) is 10.3. The molecule has 0 spiro atoms. The van der Waals surface area contributed by atoms with E-state index in [0.29, 0.717) is 11.5 Å². The number of carbonyl (C=O) groups excluding carboxylic acids is 1. The average Bonchev–Trinajstić information content (AvgIpc) is 2.90. The van der Waals surface area contributed by atoms with Gasteiger partial charge in [-0.05, 0) is 31.0 Å². The Balaban J connectivity index is 2.36. The third-order valence-corrected chi connectivity index (χ3v) is 4.58. The van der Waals surface area contributed by atoms with Gasteiger partial charge in [0.15, 0.2) is 13.6 Å². The van der Waals surface area contributed by atoms with E-state index in [0.717, 1.165) is 37.7 Å². The van der Waals surface area contributed by atoms with Crippen LogP contribution < -0.4 is 9.47 Å². The van der Waals surface area contributed by atoms with Gasteiger partial charge >= 0.3 is 5.97 Å². The molecule has 0 amide bonds. The summed E-state index contributed by atoms with van der Waals surface area (Å²) in [5.74, 6) is 1.11. The van der Waals surface area contributed by atoms with E-state index in [9.17, 15) is 4.79 Å². The summed E-state index contributed by atoms with van der Waals surface area (Å²) >= 11 is 0. The first-order valence-electron chi connectivity index (χ1n) is 8.66. The summed E-state index contributed by atoms with van der Waals surface area (Å²) in [6.07, 6.45) is 4.97. The van der Waals surface area contributed by atoms with Gasteiger partial charge in [-0.15, -0.1) is 0 Å². The number of hydrogen-bond acceptors (Lipinski definition) is 6. The molecule has 2 rings (SSSR count). The number of carbonyl (C=O) groups is 1. The molecule has 1 aliphatic carbocycles. The Bertz CT molecular complexity index is 545. The van der Waals surface area contributed by atoms with Crippen LogP contribution in [-0.4, -0.2) is 40.9 Å². The predicted octanol–water partition coefficient (Wildman–Crippen LogP) is 3.49. The van der Waals surface area contributed by atoms with Crippen LogP contribution in [0.25, 0.3) is 0 Å². The smallest absolute Gasteiger partial charge is 0.309 e. The maximum atomic E-state index is 12.3. The lowest BCUT2D eigenvalue weighted by molar-refractivity contribution is -0.146. The van der Waals surface area contributed by atoms with Crippen molar-refractivity contribution in [1.29, 1.82) is 0 Å². The Morgan fingerprint density at radius 1 is 1.00 bits per heavy atom. The van der Waals surface area contributed by atoms with Crippen molar-refractivity contribution in [1.82, 2.24) is 0 Å². The number of hydrogen-bond donors (Lipinski definition) is 0. The first-order valence-corrected chi connectivity index (χ1v) is 8.66. The molecule has 0 aromatic heterocycles. The highest BCUT2D eigenvalue weighted by Gasteiger charge is 2.33. The molecule has 1 aromatic rings. The van der Waals surface area contributed by atoms with Crippen LogP contribution in [0.4, 0.5) is 0 Å². The van der Waals surface area contributed by atoms with Crippen molar-refractivity contribution in [2.45, 2.75) is 38.0 Å². The zero-order valence-electron chi connectivity index (χ0n) is 15.3. The lowest BCUT2D eigenvalue weighted by Crippen LogP contribution is -2.23. The maximum Gasteiger partial charge on any atom is 0.309 e. The summed E-state index contributed by atoms with van der Waals surface area (Å²) in [6.45, 7) is 0.323. The first-order chi connectivity index (χ1) is 12.2. The summed E-state index contributed by atoms with van der Waals surface area (Å²) in [4.78, 5) is 12.3. The molecular formula is C19H28O6. The van der Waals surface area contributed by atoms with Crippen molar-refractivity contribution in [2.24, 2.45) is 5.92 Å². The summed E-state index contributed by atoms with van der Waals surface area (Å²) < 4.78 is 26.4. The molecule has 1 aliphatic rings. The van der Waals surface area contributed by atoms with E-state index in [2.05, 4.69) is 0 Å². The van der Waals surface area contributed by atoms with Crippen molar-refractivity contribution >= 4 is 5.97 Å². The van der Waals surface area contributed by atoms with Crippen molar-refractivity contribution in [2.75, 3.05) is 34.9 Å². The van der Waals surface area contributed by atoms with Gasteiger partial charge in [0.2, 0.25) is 0 Å². The monoisotopic (exact) mass is 352 g/mol. The third-order valence-electron chi connectivity index (χ3n) is 4.58. The molecule has 1 saturated carbocycles. The van der Waals surface area contributed by atoms with E-state index in [1.165, 1.54) is 7.11 Å². The molecule has 0 heterocycles. The van der Waals surface area contributed by atoms with Crippen LogP contribution in [0.1, 0.15) is 43.6 Å². The summed E-state index contributed by atoms with van der Waals surface area (Å²) in [6, 6.07) is 5.63. The van der Waals surface area contributed by atoms with Gasteiger partial charge in [-0.1, -0.05) is 19.3 Å². The minimum Gasteiger partial charge on any atom is -0.469 e. The van der Waals surface area contributed by atoms with Gasteiger partial charge in [0.05, 0.1) is 13.0 Å². The molecule has 0 bridgehead atoms. The second-order valence-electron chi connectivity index (χ2n) is 6.18. The Hall–Kier alpha value is -1.79. The molecule has 25 heavy (non-hydrogen) atoms. The molecule has 6 nitrogen and oxygen atoms in total. The standard InChI is InChI=1S/C19H28O6/c1-21-12-24-14-9-10-18(25-13-22-2)17(11-14)15-7-5-4-6-8-16(15)19(20)23-3/h9-11,15-16H,4-8,12-13H2,1-3H3. The molecule has 0 saturated heterocycles. The van der Waals surface area contributed by atoms with Crippen molar-refractivity contribution in [3.63, 3.8) is 0 Å². The van der Waals surface area contributed by atoms with E-state index in [1.54, 1.807) is 14.2 Å². The quantitative estimate of drug-likeness (QED) is 0.405. The van der Waals surface area contributed by atoms with Gasteiger partial charge in [-0.3, -0.25) is 4.79 Å². The Labute approximate surface area is 149 Å². The number of esters is 1. The van der Waals surface area contributed by atoms with Gasteiger partial charge in [0.25, 0.3) is 0 Å². The van der Waals surface area contributed by atoms with Gasteiger partial charge in [0.1, 0.15) is 11.5 Å². The molecule has 1 aromatic carbocycles. The highest BCUT2D eigenvalue weighted by molar-refractivity contribution is 5.74. The molecule has 0 aliphatic heterocycles. The van der Waals surface area contributed by atoms with Crippen LogP contribution in [0, 0.1) is 5.92 Å². The first kappa shape index (κ1) is 19.5. The molecule has 0 radical (unpaired) electrons. The lowest BCUT2D eigenvalue weighted by Gasteiger charge is -2.26. The molecule has 2 atom stereocenters. The molecule has 6 heteroatoms. The van der Waals surface area contributed by atoms with Crippen LogP contribution in [0.3, 0.4) is 0 Å². The fourth-order valence-electron chi connectivity index (χ4n) is 3.40. The second-order valence-corrected chi connectivity index (χ2v) is 6.18. The van der Waals surface area contributed by atoms with Crippen LogP contribution >= 0.6 is 0 Å². The molecular weight excluding hydrogens is 324 g/mol. The molecule has 140 valence electrons.